The second-order valence-electron chi connectivity index (χ2n) is 5.75. The third-order valence-electron chi connectivity index (χ3n) is 3.59. The van der Waals surface area contributed by atoms with Gasteiger partial charge < -0.3 is 19.7 Å². The number of hydrogen-bond donors (Lipinski definition) is 1. The smallest absolute Gasteiger partial charge is 0.245 e. The molecule has 0 bridgehead atoms. The Bertz CT molecular complexity index is 347. The van der Waals surface area contributed by atoms with E-state index in [2.05, 4.69) is 19.2 Å². The lowest BCUT2D eigenvalue weighted by atomic mass is 9.97. The molecule has 0 aromatic rings. The molecule has 1 fully saturated rings. The van der Waals surface area contributed by atoms with Crippen LogP contribution >= 0.6 is 0 Å². The predicted molar refractivity (Wildman–Crippen MR) is 79.9 cm³/mol. The van der Waals surface area contributed by atoms with Gasteiger partial charge in [-0.05, 0) is 18.8 Å². The molecule has 21 heavy (non-hydrogen) atoms. The zero-order valence-electron chi connectivity index (χ0n) is 13.6. The summed E-state index contributed by atoms with van der Waals surface area (Å²) in [6, 6.07) is -0.786. The van der Waals surface area contributed by atoms with Crippen LogP contribution in [0.1, 0.15) is 33.6 Å². The van der Waals surface area contributed by atoms with Crippen molar-refractivity contribution in [3.8, 4) is 0 Å². The van der Waals surface area contributed by atoms with Crippen molar-refractivity contribution in [1.29, 1.82) is 0 Å². The van der Waals surface area contributed by atoms with E-state index >= 15 is 0 Å². The molecule has 0 saturated carbocycles. The minimum absolute atomic E-state index is 0.00177. The van der Waals surface area contributed by atoms with Crippen molar-refractivity contribution in [3.05, 3.63) is 0 Å². The lowest BCUT2D eigenvalue weighted by molar-refractivity contribution is -0.151. The Kier molecular flexibility index (Phi) is 7.67. The fourth-order valence-electron chi connectivity index (χ4n) is 2.46. The quantitative estimate of drug-likeness (QED) is 0.640. The number of amides is 2. The van der Waals surface area contributed by atoms with Crippen LogP contribution in [0.5, 0.6) is 0 Å². The second-order valence-corrected chi connectivity index (χ2v) is 5.75. The summed E-state index contributed by atoms with van der Waals surface area (Å²) in [5.74, 6) is 0.300. The number of nitrogens with zero attached hydrogens (tertiary/aromatic N) is 1. The molecule has 1 N–H and O–H groups in total. The topological polar surface area (TPSA) is 67.9 Å². The second kappa shape index (κ2) is 9.00. The zero-order valence-corrected chi connectivity index (χ0v) is 13.6. The number of carbonyl (C=O) groups excluding carboxylic acids is 2. The highest BCUT2D eigenvalue weighted by atomic mass is 16.5. The minimum Gasteiger partial charge on any atom is -0.382 e. The van der Waals surface area contributed by atoms with Gasteiger partial charge in [-0.3, -0.25) is 9.59 Å². The fourth-order valence-corrected chi connectivity index (χ4v) is 2.46. The molecule has 122 valence electrons. The largest absolute Gasteiger partial charge is 0.382 e. The van der Waals surface area contributed by atoms with Crippen LogP contribution in [-0.2, 0) is 19.1 Å². The van der Waals surface area contributed by atoms with Crippen molar-refractivity contribution < 1.29 is 19.1 Å². The third kappa shape index (κ3) is 5.28. The Morgan fingerprint density at radius 3 is 2.52 bits per heavy atom. The lowest BCUT2D eigenvalue weighted by Gasteiger charge is -2.39. The van der Waals surface area contributed by atoms with Gasteiger partial charge in [0.2, 0.25) is 11.8 Å². The van der Waals surface area contributed by atoms with Crippen LogP contribution in [-0.4, -0.2) is 62.3 Å². The first-order valence-corrected chi connectivity index (χ1v) is 7.68. The molecule has 2 amide bonds. The first kappa shape index (κ1) is 17.9. The molecule has 1 heterocycles. The maximum absolute atomic E-state index is 12.4. The van der Waals surface area contributed by atoms with Crippen molar-refractivity contribution in [2.45, 2.75) is 45.7 Å². The van der Waals surface area contributed by atoms with E-state index in [0.29, 0.717) is 45.1 Å². The minimum atomic E-state index is -0.403. The molecule has 1 aliphatic heterocycles. The maximum Gasteiger partial charge on any atom is 0.245 e. The molecule has 0 radical (unpaired) electrons. The summed E-state index contributed by atoms with van der Waals surface area (Å²) in [5, 5.41) is 2.82. The van der Waals surface area contributed by atoms with Crippen LogP contribution in [0.4, 0.5) is 0 Å². The van der Waals surface area contributed by atoms with Gasteiger partial charge in [0, 0.05) is 13.7 Å². The van der Waals surface area contributed by atoms with Crippen LogP contribution in [0.25, 0.3) is 0 Å². The molecule has 1 saturated heterocycles. The molecule has 1 rings (SSSR count). The summed E-state index contributed by atoms with van der Waals surface area (Å²) in [6.45, 7) is 7.90. The number of carbonyl (C=O) groups is 2. The predicted octanol–water partition coefficient (Wildman–Crippen LogP) is 0.801. The normalized spacial score (nSPS) is 22.8. The summed E-state index contributed by atoms with van der Waals surface area (Å²) < 4.78 is 10.3. The fraction of sp³-hybridized carbons (Fsp3) is 0.867. The maximum atomic E-state index is 12.4. The van der Waals surface area contributed by atoms with E-state index in [0.717, 1.165) is 0 Å². The Morgan fingerprint density at radius 2 is 1.95 bits per heavy atom. The van der Waals surface area contributed by atoms with Gasteiger partial charge in [0.25, 0.3) is 0 Å². The average molecular weight is 300 g/mol. The molecular formula is C15H28N2O4. The molecular weight excluding hydrogens is 272 g/mol. The van der Waals surface area contributed by atoms with Crippen LogP contribution in [0.15, 0.2) is 0 Å². The average Bonchev–Trinajstić information content (AvgIpc) is 2.44. The monoisotopic (exact) mass is 300 g/mol. The SMILES string of the molecule is CCC1NC(=O)C(CC(C)C)N(CCOCCOC)C1=O. The van der Waals surface area contributed by atoms with E-state index in [1.54, 1.807) is 12.0 Å². The van der Waals surface area contributed by atoms with Gasteiger partial charge in [0.15, 0.2) is 0 Å². The van der Waals surface area contributed by atoms with Crippen LogP contribution in [0.3, 0.4) is 0 Å². The van der Waals surface area contributed by atoms with Gasteiger partial charge in [0.1, 0.15) is 12.1 Å². The number of ether oxygens (including phenoxy) is 2. The molecule has 1 aliphatic rings. The van der Waals surface area contributed by atoms with E-state index in [1.165, 1.54) is 0 Å². The Labute approximate surface area is 127 Å². The number of rotatable bonds is 9. The van der Waals surface area contributed by atoms with Gasteiger partial charge in [-0.15, -0.1) is 0 Å². The molecule has 6 nitrogen and oxygen atoms in total. The van der Waals surface area contributed by atoms with Gasteiger partial charge in [-0.25, -0.2) is 0 Å². The Hall–Kier alpha value is -1.14. The summed E-state index contributed by atoms with van der Waals surface area (Å²) >= 11 is 0. The van der Waals surface area contributed by atoms with Crippen LogP contribution in [0, 0.1) is 5.92 Å². The van der Waals surface area contributed by atoms with Gasteiger partial charge in [0.05, 0.1) is 19.8 Å². The van der Waals surface area contributed by atoms with Crippen molar-refractivity contribution in [2.75, 3.05) is 33.5 Å². The standard InChI is InChI=1S/C15H28N2O4/c1-5-12-15(19)17(6-7-21-9-8-20-4)13(10-11(2)3)14(18)16-12/h11-13H,5-10H2,1-4H3,(H,16,18). The first-order valence-electron chi connectivity index (χ1n) is 7.68. The highest BCUT2D eigenvalue weighted by Gasteiger charge is 2.39. The highest BCUT2D eigenvalue weighted by molar-refractivity contribution is 5.96. The van der Waals surface area contributed by atoms with Gasteiger partial charge >= 0.3 is 0 Å². The molecule has 0 aromatic heterocycles. The third-order valence-corrected chi connectivity index (χ3v) is 3.59. The molecule has 0 spiro atoms. The molecule has 2 unspecified atom stereocenters. The number of nitrogens with one attached hydrogen (secondary N) is 1. The number of piperazine rings is 1. The van der Waals surface area contributed by atoms with E-state index in [4.69, 9.17) is 9.47 Å². The first-order chi connectivity index (χ1) is 10.0. The van der Waals surface area contributed by atoms with Crippen LogP contribution in [0.2, 0.25) is 0 Å². The number of methoxy groups -OCH3 is 1. The van der Waals surface area contributed by atoms with E-state index < -0.39 is 6.04 Å². The summed E-state index contributed by atoms with van der Waals surface area (Å²) in [4.78, 5) is 26.3. The summed E-state index contributed by atoms with van der Waals surface area (Å²) in [7, 11) is 1.62. The summed E-state index contributed by atoms with van der Waals surface area (Å²) in [5.41, 5.74) is 0. The molecule has 2 atom stereocenters. The summed E-state index contributed by atoms with van der Waals surface area (Å²) in [6.07, 6.45) is 1.28. The highest BCUT2D eigenvalue weighted by Crippen LogP contribution is 2.18. The van der Waals surface area contributed by atoms with Gasteiger partial charge in [-0.2, -0.15) is 0 Å². The molecule has 0 aromatic carbocycles. The Balaban J connectivity index is 2.64. The zero-order chi connectivity index (χ0) is 15.8. The van der Waals surface area contributed by atoms with Crippen molar-refractivity contribution in [1.82, 2.24) is 10.2 Å². The van der Waals surface area contributed by atoms with Crippen LogP contribution < -0.4 is 5.32 Å². The Morgan fingerprint density at radius 1 is 1.24 bits per heavy atom. The molecule has 0 aliphatic carbocycles. The van der Waals surface area contributed by atoms with Gasteiger partial charge in [-0.1, -0.05) is 20.8 Å². The van der Waals surface area contributed by atoms with E-state index in [1.807, 2.05) is 6.92 Å². The number of hydrogen-bond acceptors (Lipinski definition) is 4. The van der Waals surface area contributed by atoms with Crippen molar-refractivity contribution >= 4 is 11.8 Å². The molecule has 6 heteroatoms. The lowest BCUT2D eigenvalue weighted by Crippen LogP contribution is -2.63. The van der Waals surface area contributed by atoms with E-state index in [9.17, 15) is 9.59 Å². The van der Waals surface area contributed by atoms with Crippen molar-refractivity contribution in [2.24, 2.45) is 5.92 Å². The van der Waals surface area contributed by atoms with E-state index in [-0.39, 0.29) is 17.9 Å². The van der Waals surface area contributed by atoms with Crippen molar-refractivity contribution in [3.63, 3.8) is 0 Å².